The van der Waals surface area contributed by atoms with Crippen LogP contribution in [0.3, 0.4) is 0 Å². The maximum absolute atomic E-state index is 11.4. The molecule has 0 bridgehead atoms. The Balaban J connectivity index is 2.32. The predicted molar refractivity (Wildman–Crippen MR) is 60.0 cm³/mol. The molecule has 0 heterocycles. The Morgan fingerprint density at radius 3 is 2.53 bits per heavy atom. The van der Waals surface area contributed by atoms with Crippen molar-refractivity contribution >= 4 is 23.6 Å². The van der Waals surface area contributed by atoms with Crippen molar-refractivity contribution in [1.82, 2.24) is 5.32 Å². The Kier molecular flexibility index (Phi) is 4.45. The van der Waals surface area contributed by atoms with E-state index >= 15 is 0 Å². The summed E-state index contributed by atoms with van der Waals surface area (Å²) in [4.78, 5) is 22.4. The van der Waals surface area contributed by atoms with Crippen molar-refractivity contribution in [2.24, 2.45) is 0 Å². The second-order valence-corrected chi connectivity index (χ2v) is 5.13. The van der Waals surface area contributed by atoms with E-state index in [1.807, 2.05) is 6.92 Å². The van der Waals surface area contributed by atoms with E-state index in [0.29, 0.717) is 19.3 Å². The van der Waals surface area contributed by atoms with E-state index in [1.54, 1.807) is 11.8 Å². The quantitative estimate of drug-likeness (QED) is 0.675. The SMILES string of the molecule is CCSCCC(=O)NC1(C(=O)O)CCC1. The van der Waals surface area contributed by atoms with Crippen LogP contribution in [-0.2, 0) is 9.59 Å². The number of carboxylic acid groups (broad SMARTS) is 1. The van der Waals surface area contributed by atoms with Gasteiger partial charge in [-0.15, -0.1) is 0 Å². The van der Waals surface area contributed by atoms with E-state index in [1.165, 1.54) is 0 Å². The Hall–Kier alpha value is -0.710. The highest BCUT2D eigenvalue weighted by Crippen LogP contribution is 2.32. The zero-order valence-corrected chi connectivity index (χ0v) is 9.73. The van der Waals surface area contributed by atoms with Crippen LogP contribution < -0.4 is 5.32 Å². The summed E-state index contributed by atoms with van der Waals surface area (Å²) in [6.07, 6.45) is 2.42. The molecule has 1 amide bonds. The molecule has 0 aliphatic heterocycles. The van der Waals surface area contributed by atoms with E-state index in [0.717, 1.165) is 17.9 Å². The largest absolute Gasteiger partial charge is 0.480 e. The summed E-state index contributed by atoms with van der Waals surface area (Å²) in [5.74, 6) is 0.707. The molecule has 0 spiro atoms. The number of nitrogens with one attached hydrogen (secondary N) is 1. The van der Waals surface area contributed by atoms with E-state index in [2.05, 4.69) is 5.32 Å². The molecule has 4 nitrogen and oxygen atoms in total. The zero-order chi connectivity index (χ0) is 11.3. The minimum Gasteiger partial charge on any atom is -0.480 e. The summed E-state index contributed by atoms with van der Waals surface area (Å²) in [6.45, 7) is 2.03. The van der Waals surface area contributed by atoms with Crippen molar-refractivity contribution in [2.45, 2.75) is 38.1 Å². The van der Waals surface area contributed by atoms with Crippen LogP contribution in [0.4, 0.5) is 0 Å². The van der Waals surface area contributed by atoms with E-state index in [-0.39, 0.29) is 5.91 Å². The van der Waals surface area contributed by atoms with Gasteiger partial charge < -0.3 is 10.4 Å². The fourth-order valence-corrected chi connectivity index (χ4v) is 2.18. The third kappa shape index (κ3) is 3.12. The highest BCUT2D eigenvalue weighted by atomic mass is 32.2. The van der Waals surface area contributed by atoms with Gasteiger partial charge in [0.1, 0.15) is 5.54 Å². The van der Waals surface area contributed by atoms with Gasteiger partial charge in [-0.3, -0.25) is 4.79 Å². The maximum atomic E-state index is 11.4. The molecule has 86 valence electrons. The highest BCUT2D eigenvalue weighted by Gasteiger charge is 2.45. The number of thioether (sulfide) groups is 1. The number of carbonyl (C=O) groups excluding carboxylic acids is 1. The van der Waals surface area contributed by atoms with E-state index in [4.69, 9.17) is 5.11 Å². The molecule has 0 aromatic rings. The van der Waals surface area contributed by atoms with Crippen molar-refractivity contribution in [2.75, 3.05) is 11.5 Å². The lowest BCUT2D eigenvalue weighted by Crippen LogP contribution is -2.59. The minimum absolute atomic E-state index is 0.141. The van der Waals surface area contributed by atoms with Gasteiger partial charge in [-0.05, 0) is 25.0 Å². The zero-order valence-electron chi connectivity index (χ0n) is 8.91. The molecular weight excluding hydrogens is 214 g/mol. The smallest absolute Gasteiger partial charge is 0.329 e. The average Bonchev–Trinajstić information content (AvgIpc) is 2.11. The van der Waals surface area contributed by atoms with Crippen molar-refractivity contribution < 1.29 is 14.7 Å². The number of carboxylic acids is 1. The number of hydrogen-bond acceptors (Lipinski definition) is 3. The molecule has 1 rings (SSSR count). The molecule has 1 saturated carbocycles. The first-order chi connectivity index (χ1) is 7.10. The van der Waals surface area contributed by atoms with Gasteiger partial charge in [-0.2, -0.15) is 11.8 Å². The Morgan fingerprint density at radius 2 is 2.13 bits per heavy atom. The van der Waals surface area contributed by atoms with Crippen molar-refractivity contribution in [3.63, 3.8) is 0 Å². The molecule has 0 radical (unpaired) electrons. The van der Waals surface area contributed by atoms with Crippen LogP contribution in [-0.4, -0.2) is 34.0 Å². The first kappa shape index (κ1) is 12.4. The predicted octanol–water partition coefficient (Wildman–Crippen LogP) is 1.25. The molecule has 0 saturated heterocycles. The summed E-state index contributed by atoms with van der Waals surface area (Å²) in [6, 6.07) is 0. The lowest BCUT2D eigenvalue weighted by molar-refractivity contribution is -0.151. The normalized spacial score (nSPS) is 17.9. The molecule has 0 aromatic carbocycles. The topological polar surface area (TPSA) is 66.4 Å². The monoisotopic (exact) mass is 231 g/mol. The summed E-state index contributed by atoms with van der Waals surface area (Å²) in [5, 5.41) is 11.6. The lowest BCUT2D eigenvalue weighted by atomic mass is 9.76. The van der Waals surface area contributed by atoms with Gasteiger partial charge in [0.15, 0.2) is 0 Å². The second kappa shape index (κ2) is 5.39. The fourth-order valence-electron chi connectivity index (χ4n) is 1.56. The van der Waals surface area contributed by atoms with Gasteiger partial charge in [-0.1, -0.05) is 6.92 Å². The second-order valence-electron chi connectivity index (χ2n) is 3.74. The average molecular weight is 231 g/mol. The van der Waals surface area contributed by atoms with Crippen LogP contribution in [0.5, 0.6) is 0 Å². The molecule has 1 fully saturated rings. The van der Waals surface area contributed by atoms with Crippen LogP contribution in [0.25, 0.3) is 0 Å². The minimum atomic E-state index is -0.950. The van der Waals surface area contributed by atoms with Crippen LogP contribution in [0.15, 0.2) is 0 Å². The summed E-state index contributed by atoms with van der Waals surface area (Å²) >= 11 is 1.69. The van der Waals surface area contributed by atoms with Crippen molar-refractivity contribution in [3.8, 4) is 0 Å². The Labute approximate surface area is 93.8 Å². The number of aliphatic carboxylic acids is 1. The highest BCUT2D eigenvalue weighted by molar-refractivity contribution is 7.99. The van der Waals surface area contributed by atoms with Gasteiger partial charge in [-0.25, -0.2) is 4.79 Å². The van der Waals surface area contributed by atoms with Gasteiger partial charge >= 0.3 is 5.97 Å². The standard InChI is InChI=1S/C10H17NO3S/c1-2-15-7-4-8(12)11-10(9(13)14)5-3-6-10/h2-7H2,1H3,(H,11,12)(H,13,14). The van der Waals surface area contributed by atoms with E-state index < -0.39 is 11.5 Å². The molecule has 0 aromatic heterocycles. The molecule has 1 aliphatic carbocycles. The summed E-state index contributed by atoms with van der Waals surface area (Å²) < 4.78 is 0. The third-order valence-corrected chi connectivity index (χ3v) is 3.57. The van der Waals surface area contributed by atoms with Crippen LogP contribution >= 0.6 is 11.8 Å². The molecular formula is C10H17NO3S. The molecule has 5 heteroatoms. The van der Waals surface area contributed by atoms with Gasteiger partial charge in [0, 0.05) is 12.2 Å². The first-order valence-corrected chi connectivity index (χ1v) is 6.38. The number of carbonyl (C=O) groups is 2. The molecule has 1 aliphatic rings. The number of rotatable bonds is 6. The summed E-state index contributed by atoms with van der Waals surface area (Å²) in [7, 11) is 0. The van der Waals surface area contributed by atoms with Gasteiger partial charge in [0.25, 0.3) is 0 Å². The van der Waals surface area contributed by atoms with Gasteiger partial charge in [0.05, 0.1) is 0 Å². The Morgan fingerprint density at radius 1 is 1.47 bits per heavy atom. The summed E-state index contributed by atoms with van der Waals surface area (Å²) in [5.41, 5.74) is -0.950. The first-order valence-electron chi connectivity index (χ1n) is 5.23. The van der Waals surface area contributed by atoms with Crippen molar-refractivity contribution in [1.29, 1.82) is 0 Å². The van der Waals surface area contributed by atoms with Crippen molar-refractivity contribution in [3.05, 3.63) is 0 Å². The fraction of sp³-hybridized carbons (Fsp3) is 0.800. The Bertz CT molecular complexity index is 251. The third-order valence-electron chi connectivity index (χ3n) is 2.67. The lowest BCUT2D eigenvalue weighted by Gasteiger charge is -2.38. The van der Waals surface area contributed by atoms with Gasteiger partial charge in [0.2, 0.25) is 5.91 Å². The maximum Gasteiger partial charge on any atom is 0.329 e. The number of amides is 1. The molecule has 0 atom stereocenters. The van der Waals surface area contributed by atoms with Crippen LogP contribution in [0.2, 0.25) is 0 Å². The molecule has 15 heavy (non-hydrogen) atoms. The van der Waals surface area contributed by atoms with Crippen LogP contribution in [0, 0.1) is 0 Å². The molecule has 0 unspecified atom stereocenters. The van der Waals surface area contributed by atoms with Crippen LogP contribution in [0.1, 0.15) is 32.6 Å². The van der Waals surface area contributed by atoms with E-state index in [9.17, 15) is 9.59 Å². The molecule has 2 N–H and O–H groups in total. The number of hydrogen-bond donors (Lipinski definition) is 2.